The van der Waals surface area contributed by atoms with E-state index in [0.717, 1.165) is 0 Å². The molecule has 3 heteroatoms. The first-order valence-corrected chi connectivity index (χ1v) is 3.14. The summed E-state index contributed by atoms with van der Waals surface area (Å²) in [5.74, 6) is -0.156. The van der Waals surface area contributed by atoms with Crippen molar-refractivity contribution >= 4 is 17.5 Å². The van der Waals surface area contributed by atoms with Crippen LogP contribution in [-0.2, 0) is 4.79 Å². The Morgan fingerprint density at radius 3 is 2.89 bits per heavy atom. The van der Waals surface area contributed by atoms with Gasteiger partial charge in [-0.1, -0.05) is 6.08 Å². The number of rotatable bonds is 3. The molecule has 0 heterocycles. The summed E-state index contributed by atoms with van der Waals surface area (Å²) in [4.78, 5) is 10.6. The Morgan fingerprint density at radius 1 is 2.00 bits per heavy atom. The van der Waals surface area contributed by atoms with E-state index < -0.39 is 5.38 Å². The van der Waals surface area contributed by atoms with E-state index in [1.807, 2.05) is 0 Å². The minimum Gasteiger partial charge on any atom is -0.351 e. The van der Waals surface area contributed by atoms with Gasteiger partial charge in [-0.05, 0) is 6.92 Å². The van der Waals surface area contributed by atoms with Crippen LogP contribution in [0.25, 0.3) is 0 Å². The molecule has 1 amide bonds. The van der Waals surface area contributed by atoms with Crippen LogP contribution in [0.4, 0.5) is 0 Å². The molecule has 2 nitrogen and oxygen atoms in total. The molecule has 0 aromatic carbocycles. The second kappa shape index (κ2) is 4.39. The van der Waals surface area contributed by atoms with Crippen LogP contribution in [0.3, 0.4) is 0 Å². The van der Waals surface area contributed by atoms with Gasteiger partial charge in [0.15, 0.2) is 0 Å². The summed E-state index contributed by atoms with van der Waals surface area (Å²) < 4.78 is 0. The third-order valence-corrected chi connectivity index (χ3v) is 0.980. The minimum atomic E-state index is -0.454. The van der Waals surface area contributed by atoms with Gasteiger partial charge in [0.05, 0.1) is 0 Å². The van der Waals surface area contributed by atoms with Crippen molar-refractivity contribution in [1.29, 1.82) is 0 Å². The molecule has 0 aromatic rings. The van der Waals surface area contributed by atoms with Gasteiger partial charge in [-0.15, -0.1) is 18.2 Å². The molecule has 0 aliphatic rings. The van der Waals surface area contributed by atoms with E-state index in [-0.39, 0.29) is 5.91 Å². The van der Waals surface area contributed by atoms with Crippen molar-refractivity contribution in [3.63, 3.8) is 0 Å². The highest BCUT2D eigenvalue weighted by molar-refractivity contribution is 6.30. The average molecular weight is 148 g/mol. The van der Waals surface area contributed by atoms with Gasteiger partial charge in [-0.3, -0.25) is 4.79 Å². The Balaban J connectivity index is 3.38. The zero-order valence-electron chi connectivity index (χ0n) is 5.36. The van der Waals surface area contributed by atoms with E-state index in [1.165, 1.54) is 0 Å². The van der Waals surface area contributed by atoms with Gasteiger partial charge in [0.25, 0.3) is 0 Å². The van der Waals surface area contributed by atoms with Gasteiger partial charge in [0, 0.05) is 6.54 Å². The molecule has 1 N–H and O–H groups in total. The monoisotopic (exact) mass is 147 g/mol. The topological polar surface area (TPSA) is 29.1 Å². The van der Waals surface area contributed by atoms with E-state index >= 15 is 0 Å². The van der Waals surface area contributed by atoms with Gasteiger partial charge < -0.3 is 5.32 Å². The zero-order valence-corrected chi connectivity index (χ0v) is 6.11. The summed E-state index contributed by atoms with van der Waals surface area (Å²) in [6, 6.07) is 0. The molecule has 1 atom stereocenters. The summed E-state index contributed by atoms with van der Waals surface area (Å²) in [7, 11) is 0. The molecule has 0 aliphatic carbocycles. The molecule has 0 rings (SSSR count). The first-order valence-electron chi connectivity index (χ1n) is 2.71. The first-order chi connectivity index (χ1) is 4.18. The lowest BCUT2D eigenvalue weighted by molar-refractivity contribution is -0.120. The van der Waals surface area contributed by atoms with Crippen molar-refractivity contribution in [1.82, 2.24) is 5.32 Å². The largest absolute Gasteiger partial charge is 0.351 e. The predicted molar refractivity (Wildman–Crippen MR) is 38.5 cm³/mol. The number of nitrogens with one attached hydrogen (secondary N) is 1. The van der Waals surface area contributed by atoms with E-state index in [1.54, 1.807) is 13.0 Å². The fourth-order valence-electron chi connectivity index (χ4n) is 0.313. The number of carbonyl (C=O) groups is 1. The highest BCUT2D eigenvalue weighted by atomic mass is 35.5. The molecule has 0 aliphatic heterocycles. The lowest BCUT2D eigenvalue weighted by Crippen LogP contribution is -2.29. The maximum absolute atomic E-state index is 10.6. The highest BCUT2D eigenvalue weighted by Crippen LogP contribution is 1.90. The SMILES string of the molecule is C=CCNC(=O)[C@H](C)Cl. The molecule has 9 heavy (non-hydrogen) atoms. The maximum atomic E-state index is 10.6. The molecule has 52 valence electrons. The molecule has 0 saturated heterocycles. The van der Waals surface area contributed by atoms with Crippen LogP contribution in [0.1, 0.15) is 6.92 Å². The van der Waals surface area contributed by atoms with Gasteiger partial charge in [0.2, 0.25) is 5.91 Å². The van der Waals surface area contributed by atoms with Crippen molar-refractivity contribution in [3.05, 3.63) is 12.7 Å². The first kappa shape index (κ1) is 8.50. The molecular formula is C6H10ClNO. The Hall–Kier alpha value is -0.500. The van der Waals surface area contributed by atoms with Crippen LogP contribution in [-0.4, -0.2) is 17.8 Å². The molecule has 0 spiro atoms. The van der Waals surface area contributed by atoms with E-state index in [0.29, 0.717) is 6.54 Å². The van der Waals surface area contributed by atoms with Crippen LogP contribution in [0.15, 0.2) is 12.7 Å². The fraction of sp³-hybridized carbons (Fsp3) is 0.500. The second-order valence-corrected chi connectivity index (χ2v) is 2.30. The lowest BCUT2D eigenvalue weighted by Gasteiger charge is -2.01. The van der Waals surface area contributed by atoms with Crippen molar-refractivity contribution in [2.24, 2.45) is 0 Å². The van der Waals surface area contributed by atoms with Gasteiger partial charge in [0.1, 0.15) is 5.38 Å². The van der Waals surface area contributed by atoms with E-state index in [4.69, 9.17) is 11.6 Å². The number of amides is 1. The van der Waals surface area contributed by atoms with Crippen LogP contribution < -0.4 is 5.32 Å². The number of alkyl halides is 1. The van der Waals surface area contributed by atoms with Crippen LogP contribution >= 0.6 is 11.6 Å². The number of hydrogen-bond donors (Lipinski definition) is 1. The quantitative estimate of drug-likeness (QED) is 0.467. The molecule has 0 aromatic heterocycles. The summed E-state index contributed by atoms with van der Waals surface area (Å²) in [5, 5.41) is 2.09. The summed E-state index contributed by atoms with van der Waals surface area (Å²) in [6.07, 6.45) is 1.61. The second-order valence-electron chi connectivity index (χ2n) is 1.65. The van der Waals surface area contributed by atoms with Crippen molar-refractivity contribution in [2.75, 3.05) is 6.54 Å². The van der Waals surface area contributed by atoms with Crippen LogP contribution in [0.5, 0.6) is 0 Å². The third-order valence-electron chi connectivity index (χ3n) is 0.782. The van der Waals surface area contributed by atoms with E-state index in [9.17, 15) is 4.79 Å². The minimum absolute atomic E-state index is 0.156. The number of hydrogen-bond acceptors (Lipinski definition) is 1. The van der Waals surface area contributed by atoms with Crippen molar-refractivity contribution < 1.29 is 4.79 Å². The van der Waals surface area contributed by atoms with Crippen LogP contribution in [0, 0.1) is 0 Å². The molecule has 0 bridgehead atoms. The van der Waals surface area contributed by atoms with Gasteiger partial charge in [-0.2, -0.15) is 0 Å². The average Bonchev–Trinajstić information content (AvgIpc) is 1.82. The van der Waals surface area contributed by atoms with Crippen molar-refractivity contribution in [3.8, 4) is 0 Å². The molecule has 0 unspecified atom stereocenters. The van der Waals surface area contributed by atoms with Crippen molar-refractivity contribution in [2.45, 2.75) is 12.3 Å². The molecule has 0 saturated carbocycles. The van der Waals surface area contributed by atoms with E-state index in [2.05, 4.69) is 11.9 Å². The normalized spacial score (nSPS) is 12.2. The summed E-state index contributed by atoms with van der Waals surface area (Å²) >= 11 is 5.42. The Kier molecular flexibility index (Phi) is 4.14. The molecular weight excluding hydrogens is 138 g/mol. The number of halogens is 1. The number of carbonyl (C=O) groups excluding carboxylic acids is 1. The van der Waals surface area contributed by atoms with Crippen LogP contribution in [0.2, 0.25) is 0 Å². The Labute approximate surface area is 59.9 Å². The Morgan fingerprint density at radius 2 is 2.56 bits per heavy atom. The Bertz CT molecular complexity index is 112. The summed E-state index contributed by atoms with van der Waals surface area (Å²) in [6.45, 7) is 5.54. The molecule has 0 radical (unpaired) electrons. The summed E-state index contributed by atoms with van der Waals surface area (Å²) in [5.41, 5.74) is 0. The smallest absolute Gasteiger partial charge is 0.238 e. The zero-order chi connectivity index (χ0) is 7.28. The fourth-order valence-corrected chi connectivity index (χ4v) is 0.391. The third kappa shape index (κ3) is 4.03. The molecule has 0 fully saturated rings. The maximum Gasteiger partial charge on any atom is 0.238 e. The standard InChI is InChI=1S/C6H10ClNO/c1-3-4-8-6(9)5(2)7/h3,5H,1,4H2,2H3,(H,8,9)/t5-/m0/s1. The predicted octanol–water partition coefficient (Wildman–Crippen LogP) is 0.916. The highest BCUT2D eigenvalue weighted by Gasteiger charge is 2.05. The van der Waals surface area contributed by atoms with Gasteiger partial charge >= 0.3 is 0 Å². The lowest BCUT2D eigenvalue weighted by atomic mass is 10.4. The van der Waals surface area contributed by atoms with Gasteiger partial charge in [-0.25, -0.2) is 0 Å².